The van der Waals surface area contributed by atoms with Crippen molar-refractivity contribution in [3.63, 3.8) is 0 Å². The number of methoxy groups -OCH3 is 1. The first-order valence-electron chi connectivity index (χ1n) is 4.14. The summed E-state index contributed by atoms with van der Waals surface area (Å²) in [5, 5.41) is 0. The largest absolute Gasteiger partial charge is 0.496 e. The Kier molecular flexibility index (Phi) is 3.79. The van der Waals surface area contributed by atoms with Crippen molar-refractivity contribution >= 4 is 21.7 Å². The van der Waals surface area contributed by atoms with Crippen LogP contribution in [-0.2, 0) is 0 Å². The second-order valence-corrected chi connectivity index (χ2v) is 3.79. The number of Topliss-reactive ketones (excluding diaryl/α,β-unsaturated/α-hetero) is 1. The van der Waals surface area contributed by atoms with E-state index in [2.05, 4.69) is 15.9 Å². The fourth-order valence-electron chi connectivity index (χ4n) is 1.21. The number of alkyl halides is 2. The van der Waals surface area contributed by atoms with Crippen molar-refractivity contribution in [2.45, 2.75) is 13.3 Å². The van der Waals surface area contributed by atoms with Crippen LogP contribution >= 0.6 is 15.9 Å². The number of ether oxygens (including phenoxy) is 1. The Balaban J connectivity index is 3.38. The molecular weight excluding hydrogens is 270 g/mol. The van der Waals surface area contributed by atoms with E-state index in [9.17, 15) is 13.6 Å². The molecule has 0 heterocycles. The maximum Gasteiger partial charge on any atom is 0.264 e. The highest BCUT2D eigenvalue weighted by molar-refractivity contribution is 9.10. The van der Waals surface area contributed by atoms with Gasteiger partial charge in [0.25, 0.3) is 6.43 Å². The zero-order chi connectivity index (χ0) is 11.6. The van der Waals surface area contributed by atoms with Gasteiger partial charge >= 0.3 is 0 Å². The molecule has 0 spiro atoms. The van der Waals surface area contributed by atoms with Gasteiger partial charge < -0.3 is 4.74 Å². The average Bonchev–Trinajstić information content (AvgIpc) is 2.16. The van der Waals surface area contributed by atoms with Crippen LogP contribution in [0.4, 0.5) is 8.78 Å². The van der Waals surface area contributed by atoms with Gasteiger partial charge in [-0.3, -0.25) is 4.79 Å². The van der Waals surface area contributed by atoms with Crippen molar-refractivity contribution in [2.24, 2.45) is 0 Å². The number of hydrogen-bond donors (Lipinski definition) is 0. The van der Waals surface area contributed by atoms with E-state index in [1.807, 2.05) is 0 Å². The van der Waals surface area contributed by atoms with Gasteiger partial charge in [0.05, 0.1) is 11.6 Å². The molecule has 0 aliphatic heterocycles. The smallest absolute Gasteiger partial charge is 0.264 e. The Morgan fingerprint density at radius 3 is 2.47 bits per heavy atom. The minimum Gasteiger partial charge on any atom is -0.496 e. The van der Waals surface area contributed by atoms with E-state index in [1.54, 1.807) is 0 Å². The molecule has 0 aromatic heterocycles. The van der Waals surface area contributed by atoms with Crippen molar-refractivity contribution in [3.8, 4) is 5.75 Å². The summed E-state index contributed by atoms with van der Waals surface area (Å²) in [4.78, 5) is 11.1. The lowest BCUT2D eigenvalue weighted by atomic mass is 10.0. The van der Waals surface area contributed by atoms with Crippen molar-refractivity contribution in [2.75, 3.05) is 7.11 Å². The fourth-order valence-corrected chi connectivity index (χ4v) is 1.72. The molecule has 1 aromatic carbocycles. The van der Waals surface area contributed by atoms with Crippen molar-refractivity contribution in [3.05, 3.63) is 27.7 Å². The molecule has 1 aromatic rings. The van der Waals surface area contributed by atoms with Crippen LogP contribution in [0.3, 0.4) is 0 Å². The van der Waals surface area contributed by atoms with Gasteiger partial charge in [-0.1, -0.05) is 0 Å². The van der Waals surface area contributed by atoms with Gasteiger partial charge in [0, 0.05) is 11.1 Å². The molecule has 5 heteroatoms. The number of hydrogen-bond acceptors (Lipinski definition) is 2. The van der Waals surface area contributed by atoms with E-state index in [0.29, 0.717) is 4.47 Å². The molecule has 0 saturated heterocycles. The van der Waals surface area contributed by atoms with E-state index in [1.165, 1.54) is 26.2 Å². The molecule has 15 heavy (non-hydrogen) atoms. The monoisotopic (exact) mass is 278 g/mol. The van der Waals surface area contributed by atoms with E-state index >= 15 is 0 Å². The number of rotatable bonds is 3. The zero-order valence-electron chi connectivity index (χ0n) is 8.18. The van der Waals surface area contributed by atoms with Crippen LogP contribution in [0.2, 0.25) is 0 Å². The third-order valence-corrected chi connectivity index (χ3v) is 2.56. The molecule has 82 valence electrons. The topological polar surface area (TPSA) is 26.3 Å². The molecule has 1 rings (SSSR count). The van der Waals surface area contributed by atoms with Crippen molar-refractivity contribution in [1.82, 2.24) is 0 Å². The molecule has 0 atom stereocenters. The summed E-state index contributed by atoms with van der Waals surface area (Å²) >= 11 is 3.14. The van der Waals surface area contributed by atoms with Gasteiger partial charge in [-0.15, -0.1) is 0 Å². The summed E-state index contributed by atoms with van der Waals surface area (Å²) < 4.78 is 30.6. The van der Waals surface area contributed by atoms with Crippen LogP contribution in [-0.4, -0.2) is 12.9 Å². The molecule has 0 amide bonds. The summed E-state index contributed by atoms with van der Waals surface area (Å²) in [6, 6.07) is 2.52. The number of ketones is 1. The van der Waals surface area contributed by atoms with E-state index in [0.717, 1.165) is 0 Å². The first-order chi connectivity index (χ1) is 6.97. The molecule has 0 saturated carbocycles. The first kappa shape index (κ1) is 12.1. The SMILES string of the molecule is COc1cc(C(F)F)c(C(C)=O)cc1Br. The van der Waals surface area contributed by atoms with Gasteiger partial charge in [0.2, 0.25) is 0 Å². The Morgan fingerprint density at radius 1 is 1.47 bits per heavy atom. The summed E-state index contributed by atoms with van der Waals surface area (Å²) in [6.45, 7) is 1.25. The van der Waals surface area contributed by atoms with Crippen LogP contribution in [0.25, 0.3) is 0 Å². The minimum absolute atomic E-state index is 0.0117. The standard InChI is InChI=1S/C10H9BrF2O2/c1-5(14)6-3-8(11)9(15-2)4-7(6)10(12)13/h3-4,10H,1-2H3. The third-order valence-electron chi connectivity index (χ3n) is 1.94. The van der Waals surface area contributed by atoms with Gasteiger partial charge in [-0.25, -0.2) is 8.78 Å². The number of halogens is 3. The first-order valence-corrected chi connectivity index (χ1v) is 4.93. The third kappa shape index (κ3) is 2.53. The summed E-state index contributed by atoms with van der Waals surface area (Å²) in [5.74, 6) is -0.107. The maximum atomic E-state index is 12.6. The van der Waals surface area contributed by atoms with E-state index in [-0.39, 0.29) is 16.9 Å². The molecule has 0 aliphatic rings. The van der Waals surface area contributed by atoms with E-state index < -0.39 is 12.2 Å². The lowest BCUT2D eigenvalue weighted by Gasteiger charge is -2.10. The van der Waals surface area contributed by atoms with Crippen LogP contribution < -0.4 is 4.74 Å². The summed E-state index contributed by atoms with van der Waals surface area (Å²) in [6.07, 6.45) is -2.69. The Bertz CT molecular complexity index is 391. The highest BCUT2D eigenvalue weighted by Gasteiger charge is 2.18. The zero-order valence-corrected chi connectivity index (χ0v) is 9.77. The summed E-state index contributed by atoms with van der Waals surface area (Å²) in [7, 11) is 1.38. The Hall–Kier alpha value is -0.970. The molecule has 2 nitrogen and oxygen atoms in total. The number of benzene rings is 1. The quantitative estimate of drug-likeness (QED) is 0.790. The second-order valence-electron chi connectivity index (χ2n) is 2.93. The van der Waals surface area contributed by atoms with Crippen molar-refractivity contribution < 1.29 is 18.3 Å². The molecule has 0 unspecified atom stereocenters. The number of carbonyl (C=O) groups is 1. The Labute approximate surface area is 94.4 Å². The number of carbonyl (C=O) groups excluding carboxylic acids is 1. The normalized spacial score (nSPS) is 10.5. The van der Waals surface area contributed by atoms with Gasteiger partial charge in [-0.2, -0.15) is 0 Å². The van der Waals surface area contributed by atoms with Crippen LogP contribution in [0.1, 0.15) is 29.3 Å². The maximum absolute atomic E-state index is 12.6. The molecule has 0 N–H and O–H groups in total. The lowest BCUT2D eigenvalue weighted by molar-refractivity contribution is 0.0998. The molecule has 0 bridgehead atoms. The molecule has 0 fully saturated rings. The minimum atomic E-state index is -2.69. The molecular formula is C10H9BrF2O2. The molecule has 0 aliphatic carbocycles. The Morgan fingerprint density at radius 2 is 2.07 bits per heavy atom. The van der Waals surface area contributed by atoms with Gasteiger partial charge in [0.1, 0.15) is 5.75 Å². The predicted molar refractivity (Wildman–Crippen MR) is 55.7 cm³/mol. The summed E-state index contributed by atoms with van der Waals surface area (Å²) in [5.41, 5.74) is -0.291. The van der Waals surface area contributed by atoms with Crippen LogP contribution in [0, 0.1) is 0 Å². The lowest BCUT2D eigenvalue weighted by Crippen LogP contribution is -2.01. The fraction of sp³-hybridized carbons (Fsp3) is 0.300. The average molecular weight is 279 g/mol. The highest BCUT2D eigenvalue weighted by Crippen LogP contribution is 2.33. The highest BCUT2D eigenvalue weighted by atomic mass is 79.9. The second kappa shape index (κ2) is 4.70. The van der Waals surface area contributed by atoms with Crippen LogP contribution in [0.5, 0.6) is 5.75 Å². The van der Waals surface area contributed by atoms with E-state index in [4.69, 9.17) is 4.74 Å². The van der Waals surface area contributed by atoms with Crippen LogP contribution in [0.15, 0.2) is 16.6 Å². The van der Waals surface area contributed by atoms with Crippen molar-refractivity contribution in [1.29, 1.82) is 0 Å². The van der Waals surface area contributed by atoms with Gasteiger partial charge in [0.15, 0.2) is 5.78 Å². The predicted octanol–water partition coefficient (Wildman–Crippen LogP) is 3.60. The molecule has 0 radical (unpaired) electrons. The van der Waals surface area contributed by atoms with Gasteiger partial charge in [-0.05, 0) is 35.0 Å².